The van der Waals surface area contributed by atoms with Crippen molar-refractivity contribution in [3.8, 4) is 0 Å². The van der Waals surface area contributed by atoms with Crippen LogP contribution in [0.4, 0.5) is 0 Å². The molecule has 1 aliphatic heterocycles. The lowest BCUT2D eigenvalue weighted by atomic mass is 9.65. The lowest BCUT2D eigenvalue weighted by Gasteiger charge is -2.45. The van der Waals surface area contributed by atoms with E-state index in [0.29, 0.717) is 30.3 Å². The number of hydrogen-bond acceptors (Lipinski definition) is 2. The highest BCUT2D eigenvalue weighted by Gasteiger charge is 2.41. The van der Waals surface area contributed by atoms with Crippen LogP contribution in [-0.2, 0) is 17.8 Å². The lowest BCUT2D eigenvalue weighted by molar-refractivity contribution is -0.139. The Kier molecular flexibility index (Phi) is 5.43. The lowest BCUT2D eigenvalue weighted by Crippen LogP contribution is -2.50. The van der Waals surface area contributed by atoms with E-state index in [1.165, 1.54) is 30.4 Å². The number of nitrogens with zero attached hydrogens (tertiary/aromatic N) is 1. The molecule has 2 N–H and O–H groups in total. The average molecular weight is 369 g/mol. The van der Waals surface area contributed by atoms with E-state index in [0.717, 1.165) is 30.8 Å². The Balaban J connectivity index is 0.00000169. The van der Waals surface area contributed by atoms with Crippen LogP contribution >= 0.6 is 24.0 Å². The monoisotopic (exact) mass is 368 g/mol. The highest BCUT2D eigenvalue weighted by atomic mass is 35.5. The summed E-state index contributed by atoms with van der Waals surface area (Å²) >= 11 is 6.28. The van der Waals surface area contributed by atoms with Crippen LogP contribution in [0.15, 0.2) is 18.2 Å². The van der Waals surface area contributed by atoms with Crippen molar-refractivity contribution in [2.45, 2.75) is 51.1 Å². The summed E-state index contributed by atoms with van der Waals surface area (Å²) < 4.78 is 0. The number of nitrogens with two attached hydrogens (primary N) is 1. The normalized spacial score (nSPS) is 31.8. The van der Waals surface area contributed by atoms with Crippen molar-refractivity contribution >= 4 is 29.9 Å². The van der Waals surface area contributed by atoms with Gasteiger partial charge in [-0.2, -0.15) is 0 Å². The fraction of sp³-hybridized carbons (Fsp3) is 0.632. The summed E-state index contributed by atoms with van der Waals surface area (Å²) in [6, 6.07) is 6.36. The Morgan fingerprint density at radius 3 is 2.62 bits per heavy atom. The van der Waals surface area contributed by atoms with Crippen LogP contribution in [0.5, 0.6) is 0 Å². The third-order valence-corrected chi connectivity index (χ3v) is 6.64. The number of carbonyl (C=O) groups is 1. The first-order chi connectivity index (χ1) is 11.1. The maximum atomic E-state index is 13.0. The maximum absolute atomic E-state index is 13.0. The Bertz CT molecular complexity index is 607. The molecule has 1 aromatic carbocycles. The maximum Gasteiger partial charge on any atom is 0.226 e. The minimum Gasteiger partial charge on any atom is -0.338 e. The van der Waals surface area contributed by atoms with Crippen LogP contribution in [0.1, 0.15) is 43.2 Å². The van der Waals surface area contributed by atoms with E-state index in [-0.39, 0.29) is 18.3 Å². The summed E-state index contributed by atoms with van der Waals surface area (Å²) in [4.78, 5) is 15.1. The Labute approximate surface area is 155 Å². The Morgan fingerprint density at radius 1 is 1.21 bits per heavy atom. The van der Waals surface area contributed by atoms with Crippen molar-refractivity contribution in [3.63, 3.8) is 0 Å². The van der Waals surface area contributed by atoms with Gasteiger partial charge in [-0.15, -0.1) is 12.4 Å². The molecule has 3 aliphatic rings. The zero-order valence-electron chi connectivity index (χ0n) is 13.9. The number of hydrogen-bond donors (Lipinski definition) is 1. The highest BCUT2D eigenvalue weighted by Crippen LogP contribution is 2.42. The molecule has 2 fully saturated rings. The molecular weight excluding hydrogens is 343 g/mol. The van der Waals surface area contributed by atoms with Gasteiger partial charge in [-0.25, -0.2) is 0 Å². The molecule has 2 atom stereocenters. The van der Waals surface area contributed by atoms with E-state index >= 15 is 0 Å². The van der Waals surface area contributed by atoms with Crippen molar-refractivity contribution in [3.05, 3.63) is 34.3 Å². The molecule has 132 valence electrons. The quantitative estimate of drug-likeness (QED) is 0.819. The van der Waals surface area contributed by atoms with Gasteiger partial charge in [0.15, 0.2) is 0 Å². The summed E-state index contributed by atoms with van der Waals surface area (Å²) in [7, 11) is 0. The van der Waals surface area contributed by atoms with Crippen molar-refractivity contribution in [2.75, 3.05) is 6.54 Å². The number of carbonyl (C=O) groups excluding carboxylic acids is 1. The molecule has 24 heavy (non-hydrogen) atoms. The molecule has 1 aromatic rings. The molecule has 2 bridgehead atoms. The van der Waals surface area contributed by atoms with Crippen molar-refractivity contribution in [1.82, 2.24) is 4.90 Å². The summed E-state index contributed by atoms with van der Waals surface area (Å²) in [5.41, 5.74) is 8.80. The zero-order chi connectivity index (χ0) is 16.0. The number of halogens is 2. The SMILES string of the molecule is Cl.NC1C2CCCC1CC(C(=O)N1CCc3c(Cl)cccc3C1)C2. The minimum atomic E-state index is 0. The van der Waals surface area contributed by atoms with Gasteiger partial charge < -0.3 is 10.6 Å². The molecule has 0 aromatic heterocycles. The van der Waals surface area contributed by atoms with E-state index in [9.17, 15) is 4.79 Å². The van der Waals surface area contributed by atoms with Gasteiger partial charge in [0.2, 0.25) is 5.91 Å². The van der Waals surface area contributed by atoms with Gasteiger partial charge in [-0.3, -0.25) is 4.79 Å². The van der Waals surface area contributed by atoms with Gasteiger partial charge in [0.1, 0.15) is 0 Å². The summed E-state index contributed by atoms with van der Waals surface area (Å²) in [5.74, 6) is 1.65. The predicted molar refractivity (Wildman–Crippen MR) is 99.4 cm³/mol. The molecule has 0 saturated heterocycles. The van der Waals surface area contributed by atoms with E-state index in [1.54, 1.807) is 0 Å². The van der Waals surface area contributed by atoms with Crippen LogP contribution < -0.4 is 5.73 Å². The molecule has 1 heterocycles. The largest absolute Gasteiger partial charge is 0.338 e. The molecule has 0 spiro atoms. The number of fused-ring (bicyclic) bond motifs is 3. The average Bonchev–Trinajstić information content (AvgIpc) is 2.54. The van der Waals surface area contributed by atoms with Gasteiger partial charge in [0.25, 0.3) is 0 Å². The van der Waals surface area contributed by atoms with Crippen LogP contribution in [-0.4, -0.2) is 23.4 Å². The van der Waals surface area contributed by atoms with Crippen molar-refractivity contribution < 1.29 is 4.79 Å². The highest BCUT2D eigenvalue weighted by molar-refractivity contribution is 6.31. The molecule has 3 nitrogen and oxygen atoms in total. The van der Waals surface area contributed by atoms with E-state index in [2.05, 4.69) is 11.0 Å². The molecule has 1 amide bonds. The molecule has 5 heteroatoms. The van der Waals surface area contributed by atoms with Crippen LogP contribution in [0.3, 0.4) is 0 Å². The van der Waals surface area contributed by atoms with Crippen LogP contribution in [0.2, 0.25) is 5.02 Å². The van der Waals surface area contributed by atoms with E-state index in [4.69, 9.17) is 17.3 Å². The third-order valence-electron chi connectivity index (χ3n) is 6.28. The molecule has 4 rings (SSSR count). The van der Waals surface area contributed by atoms with Gasteiger partial charge in [0, 0.05) is 30.1 Å². The fourth-order valence-electron chi connectivity index (χ4n) is 5.00. The molecular formula is C19H26Cl2N2O. The molecule has 2 unspecified atom stereocenters. The third kappa shape index (κ3) is 3.18. The Morgan fingerprint density at radius 2 is 1.92 bits per heavy atom. The van der Waals surface area contributed by atoms with Crippen molar-refractivity contribution in [1.29, 1.82) is 0 Å². The second kappa shape index (κ2) is 7.23. The first kappa shape index (κ1) is 18.0. The number of amides is 1. The first-order valence-electron chi connectivity index (χ1n) is 8.94. The van der Waals surface area contributed by atoms with Crippen LogP contribution in [0.25, 0.3) is 0 Å². The first-order valence-corrected chi connectivity index (χ1v) is 9.32. The second-order valence-corrected chi connectivity index (χ2v) is 7.99. The van der Waals surface area contributed by atoms with Gasteiger partial charge in [0.05, 0.1) is 0 Å². The van der Waals surface area contributed by atoms with Gasteiger partial charge in [-0.1, -0.05) is 30.2 Å². The summed E-state index contributed by atoms with van der Waals surface area (Å²) in [6.45, 7) is 1.51. The number of rotatable bonds is 1. The number of benzene rings is 1. The standard InChI is InChI=1S/C19H25ClN2O.ClH/c20-17-6-2-5-14-11-22(8-7-16(14)17)19(23)15-9-12-3-1-4-13(10-15)18(12)21;/h2,5-6,12-13,15,18H,1,3-4,7-11,21H2;1H. The predicted octanol–water partition coefficient (Wildman–Crippen LogP) is 3.80. The van der Waals surface area contributed by atoms with Crippen LogP contribution in [0, 0.1) is 17.8 Å². The van der Waals surface area contributed by atoms with Crippen molar-refractivity contribution in [2.24, 2.45) is 23.5 Å². The minimum absolute atomic E-state index is 0. The second-order valence-electron chi connectivity index (χ2n) is 7.58. The topological polar surface area (TPSA) is 46.3 Å². The summed E-state index contributed by atoms with van der Waals surface area (Å²) in [5, 5.41) is 0.841. The fourth-order valence-corrected chi connectivity index (χ4v) is 5.29. The smallest absolute Gasteiger partial charge is 0.226 e. The summed E-state index contributed by atoms with van der Waals surface area (Å²) in [6.07, 6.45) is 6.57. The van der Waals surface area contributed by atoms with Gasteiger partial charge >= 0.3 is 0 Å². The molecule has 2 saturated carbocycles. The Hall–Kier alpha value is -0.770. The molecule has 0 radical (unpaired) electrons. The zero-order valence-corrected chi connectivity index (χ0v) is 15.5. The van der Waals surface area contributed by atoms with Gasteiger partial charge in [-0.05, 0) is 61.1 Å². The molecule has 2 aliphatic carbocycles. The van der Waals surface area contributed by atoms with E-state index < -0.39 is 0 Å². The van der Waals surface area contributed by atoms with E-state index in [1.807, 2.05) is 12.1 Å².